The largest absolute Gasteiger partial charge is 0.485 e. The first kappa shape index (κ1) is 21.1. The van der Waals surface area contributed by atoms with Crippen molar-refractivity contribution in [3.05, 3.63) is 36.0 Å². The van der Waals surface area contributed by atoms with Gasteiger partial charge in [0.15, 0.2) is 5.75 Å². The lowest BCUT2D eigenvalue weighted by atomic mass is 10.1. The van der Waals surface area contributed by atoms with Gasteiger partial charge in [0.2, 0.25) is 0 Å². The Morgan fingerprint density at radius 1 is 1.25 bits per heavy atom. The second kappa shape index (κ2) is 9.14. The van der Waals surface area contributed by atoms with Crippen molar-refractivity contribution in [1.82, 2.24) is 14.8 Å². The number of pyridine rings is 1. The first-order valence-electron chi connectivity index (χ1n) is 8.61. The number of likely N-dealkylation sites (N-methyl/N-ethyl adjacent to an activating group) is 1. The average Bonchev–Trinajstić information content (AvgIpc) is 2.77. The zero-order valence-electron chi connectivity index (χ0n) is 16.0. The number of amides is 1. The van der Waals surface area contributed by atoms with Crippen LogP contribution < -0.4 is 4.74 Å². The van der Waals surface area contributed by atoms with Crippen LogP contribution in [0.15, 0.2) is 30.5 Å². The van der Waals surface area contributed by atoms with Gasteiger partial charge in [-0.05, 0) is 32.6 Å². The van der Waals surface area contributed by atoms with Gasteiger partial charge in [-0.15, -0.1) is 0 Å². The van der Waals surface area contributed by atoms with E-state index in [1.165, 1.54) is 0 Å². The average molecular weight is 389 g/mol. The molecule has 0 fully saturated rings. The van der Waals surface area contributed by atoms with Crippen LogP contribution in [0.25, 0.3) is 10.9 Å². The summed E-state index contributed by atoms with van der Waals surface area (Å²) >= 11 is 0. The second-order valence-electron chi connectivity index (χ2n) is 6.65. The topological polar surface area (TPSA) is 120 Å². The molecule has 1 unspecified atom stereocenters. The molecule has 2 N–H and O–H groups in total. The van der Waals surface area contributed by atoms with Crippen molar-refractivity contribution in [2.24, 2.45) is 0 Å². The van der Waals surface area contributed by atoms with Crippen LogP contribution >= 0.6 is 0 Å². The summed E-state index contributed by atoms with van der Waals surface area (Å²) in [6, 6.07) is 7.64. The fraction of sp³-hybridized carbons (Fsp3) is 0.368. The summed E-state index contributed by atoms with van der Waals surface area (Å²) < 4.78 is 6.21. The Labute approximate surface area is 162 Å². The fourth-order valence-electron chi connectivity index (χ4n) is 2.76. The van der Waals surface area contributed by atoms with E-state index in [1.54, 1.807) is 11.1 Å². The van der Waals surface area contributed by atoms with Crippen molar-refractivity contribution in [3.8, 4) is 5.75 Å². The van der Waals surface area contributed by atoms with E-state index in [0.717, 1.165) is 23.9 Å². The van der Waals surface area contributed by atoms with Gasteiger partial charge in [0, 0.05) is 25.2 Å². The van der Waals surface area contributed by atoms with Crippen molar-refractivity contribution in [1.29, 1.82) is 0 Å². The van der Waals surface area contributed by atoms with E-state index in [1.807, 2.05) is 45.4 Å². The zero-order chi connectivity index (χ0) is 20.8. The summed E-state index contributed by atoms with van der Waals surface area (Å²) in [5.74, 6) is -3.03. The molecule has 0 aliphatic carbocycles. The molecule has 2 heterocycles. The van der Waals surface area contributed by atoms with Crippen molar-refractivity contribution < 1.29 is 29.3 Å². The Morgan fingerprint density at radius 3 is 2.54 bits per heavy atom. The highest BCUT2D eigenvalue weighted by Crippen LogP contribution is 2.32. The van der Waals surface area contributed by atoms with Crippen LogP contribution in [-0.2, 0) is 9.59 Å². The van der Waals surface area contributed by atoms with Gasteiger partial charge in [-0.3, -0.25) is 9.78 Å². The minimum absolute atomic E-state index is 0.00472. The van der Waals surface area contributed by atoms with Crippen molar-refractivity contribution in [3.63, 3.8) is 0 Å². The van der Waals surface area contributed by atoms with Crippen LogP contribution in [0.2, 0.25) is 0 Å². The van der Waals surface area contributed by atoms with E-state index in [-0.39, 0.29) is 12.0 Å². The SMILES string of the molecule is CN(C)CCC1CN(C)C(=O)c2ccc3cccnc3c2O1.O=C(O)C(=O)O. The summed E-state index contributed by atoms with van der Waals surface area (Å²) in [4.78, 5) is 39.1. The van der Waals surface area contributed by atoms with Gasteiger partial charge in [-0.1, -0.05) is 12.1 Å². The first-order valence-corrected chi connectivity index (χ1v) is 8.61. The molecule has 1 aromatic carbocycles. The van der Waals surface area contributed by atoms with Crippen molar-refractivity contribution >= 4 is 28.7 Å². The molecule has 150 valence electrons. The lowest BCUT2D eigenvalue weighted by Crippen LogP contribution is -2.35. The van der Waals surface area contributed by atoms with Crippen LogP contribution in [0, 0.1) is 0 Å². The van der Waals surface area contributed by atoms with E-state index in [9.17, 15) is 4.79 Å². The smallest absolute Gasteiger partial charge is 0.414 e. The third kappa shape index (κ3) is 5.17. The number of ether oxygens (including phenoxy) is 1. The van der Waals surface area contributed by atoms with E-state index in [4.69, 9.17) is 24.5 Å². The van der Waals surface area contributed by atoms with Gasteiger partial charge >= 0.3 is 11.9 Å². The number of carbonyl (C=O) groups is 3. The van der Waals surface area contributed by atoms with Crippen LogP contribution in [0.5, 0.6) is 5.75 Å². The fourth-order valence-corrected chi connectivity index (χ4v) is 2.76. The van der Waals surface area contributed by atoms with Gasteiger partial charge in [-0.25, -0.2) is 9.59 Å². The molecule has 0 radical (unpaired) electrons. The number of benzene rings is 1. The van der Waals surface area contributed by atoms with Gasteiger partial charge < -0.3 is 24.7 Å². The molecule has 28 heavy (non-hydrogen) atoms. The molecule has 0 saturated heterocycles. The number of rotatable bonds is 3. The lowest BCUT2D eigenvalue weighted by molar-refractivity contribution is -0.159. The van der Waals surface area contributed by atoms with Gasteiger partial charge in [-0.2, -0.15) is 0 Å². The zero-order valence-corrected chi connectivity index (χ0v) is 16.0. The maximum atomic E-state index is 12.6. The standard InChI is InChI=1S/C17H21N3O2.C2H2O4/c1-19(2)10-8-13-11-20(3)17(21)14-7-6-12-5-4-9-18-15(12)16(14)22-13;3-1(4)2(5)6/h4-7,9,13H,8,10-11H2,1-3H3;(H,3,4)(H,5,6). The highest BCUT2D eigenvalue weighted by Gasteiger charge is 2.28. The Bertz CT molecular complexity index is 871. The summed E-state index contributed by atoms with van der Waals surface area (Å²) in [5.41, 5.74) is 1.36. The van der Waals surface area contributed by atoms with Crippen molar-refractivity contribution in [2.75, 3.05) is 34.2 Å². The number of carbonyl (C=O) groups excluding carboxylic acids is 1. The molecule has 3 rings (SSSR count). The van der Waals surface area contributed by atoms with Gasteiger partial charge in [0.1, 0.15) is 11.6 Å². The van der Waals surface area contributed by atoms with Crippen LogP contribution in [-0.4, -0.2) is 83.2 Å². The number of carboxylic acid groups (broad SMARTS) is 2. The Kier molecular flexibility index (Phi) is 6.89. The molecule has 1 aliphatic heterocycles. The lowest BCUT2D eigenvalue weighted by Gasteiger charge is -2.22. The minimum atomic E-state index is -1.82. The minimum Gasteiger partial charge on any atom is -0.485 e. The van der Waals surface area contributed by atoms with Crippen LogP contribution in [0.1, 0.15) is 16.8 Å². The summed E-state index contributed by atoms with van der Waals surface area (Å²) in [5, 5.41) is 15.8. The molecule has 1 amide bonds. The Morgan fingerprint density at radius 2 is 1.93 bits per heavy atom. The predicted octanol–water partition coefficient (Wildman–Crippen LogP) is 1.18. The summed E-state index contributed by atoms with van der Waals surface area (Å²) in [6.07, 6.45) is 2.58. The number of nitrogens with zero attached hydrogens (tertiary/aromatic N) is 3. The molecule has 1 aliphatic rings. The number of fused-ring (bicyclic) bond motifs is 3. The molecule has 1 atom stereocenters. The second-order valence-corrected chi connectivity index (χ2v) is 6.65. The molecule has 9 heteroatoms. The number of hydrogen-bond donors (Lipinski definition) is 2. The number of hydrogen-bond acceptors (Lipinski definition) is 6. The number of aliphatic carboxylic acids is 2. The summed E-state index contributed by atoms with van der Waals surface area (Å²) in [7, 11) is 5.90. The van der Waals surface area contributed by atoms with Gasteiger partial charge in [0.05, 0.1) is 12.1 Å². The predicted molar refractivity (Wildman–Crippen MR) is 102 cm³/mol. The van der Waals surface area contributed by atoms with E-state index < -0.39 is 11.9 Å². The molecule has 0 saturated carbocycles. The van der Waals surface area contributed by atoms with Crippen LogP contribution in [0.3, 0.4) is 0 Å². The van der Waals surface area contributed by atoms with Gasteiger partial charge in [0.25, 0.3) is 5.91 Å². The molecular weight excluding hydrogens is 366 g/mol. The third-order valence-corrected chi connectivity index (χ3v) is 4.15. The van der Waals surface area contributed by atoms with Crippen LogP contribution in [0.4, 0.5) is 0 Å². The Balaban J connectivity index is 0.000000409. The number of aromatic nitrogens is 1. The highest BCUT2D eigenvalue weighted by molar-refractivity contribution is 6.27. The van der Waals surface area contributed by atoms with E-state index in [0.29, 0.717) is 17.9 Å². The maximum absolute atomic E-state index is 12.6. The normalized spacial score (nSPS) is 15.9. The van der Waals surface area contributed by atoms with E-state index in [2.05, 4.69) is 9.88 Å². The molecular formula is C19H23N3O6. The Hall–Kier alpha value is -3.20. The summed E-state index contributed by atoms with van der Waals surface area (Å²) in [6.45, 7) is 1.51. The quantitative estimate of drug-likeness (QED) is 0.751. The van der Waals surface area contributed by atoms with E-state index >= 15 is 0 Å². The first-order chi connectivity index (χ1) is 13.2. The molecule has 2 aromatic rings. The monoisotopic (exact) mass is 389 g/mol. The molecule has 0 spiro atoms. The third-order valence-electron chi connectivity index (χ3n) is 4.15. The molecule has 0 bridgehead atoms. The molecule has 9 nitrogen and oxygen atoms in total. The highest BCUT2D eigenvalue weighted by atomic mass is 16.5. The maximum Gasteiger partial charge on any atom is 0.414 e. The molecule has 1 aromatic heterocycles. The van der Waals surface area contributed by atoms with Crippen molar-refractivity contribution in [2.45, 2.75) is 12.5 Å². The number of carboxylic acids is 2.